The van der Waals surface area contributed by atoms with E-state index in [1.807, 2.05) is 6.92 Å². The second kappa shape index (κ2) is 9.59. The molecule has 7 rings (SSSR count). The van der Waals surface area contributed by atoms with Crippen molar-refractivity contribution in [3.8, 4) is 5.75 Å². The third-order valence-electron chi connectivity index (χ3n) is 13.0. The number of hydrogen-bond acceptors (Lipinski definition) is 11. The molecule has 1 aromatic carbocycles. The normalized spacial score (nSPS) is 50.9. The van der Waals surface area contributed by atoms with Crippen LogP contribution >= 0.6 is 0 Å². The summed E-state index contributed by atoms with van der Waals surface area (Å²) in [6, 6.07) is 5.93. The third-order valence-corrected chi connectivity index (χ3v) is 13.0. The van der Waals surface area contributed by atoms with Crippen molar-refractivity contribution in [1.82, 2.24) is 4.90 Å². The molecule has 1 spiro atoms. The highest BCUT2D eigenvalue weighted by molar-refractivity contribution is 5.89. The SMILES string of the molecule is CCN1C[C@]2(COC)C(O)C[C@H](OC)[C@@]34[C@@H]5C[C@@H]6[C@@H](OC)C[C@@](O)([C@H]5[C@@]6(O)OC(=O)c5ccc(OC)cc5)[C@@](O)(C[C@H]23)[C@@H]14. The van der Waals surface area contributed by atoms with E-state index in [0.717, 1.165) is 0 Å². The Labute approximate surface area is 252 Å². The smallest absolute Gasteiger partial charge is 0.340 e. The highest BCUT2D eigenvalue weighted by Gasteiger charge is 2.91. The first-order chi connectivity index (χ1) is 20.5. The average Bonchev–Trinajstić information content (AvgIpc) is 3.33. The Balaban J connectivity index is 1.42. The second-order valence-electron chi connectivity index (χ2n) is 14.0. The highest BCUT2D eigenvalue weighted by Crippen LogP contribution is 2.81. The molecule has 0 amide bonds. The number of likely N-dealkylation sites (N-methyl/N-ethyl adjacent to an activating group) is 1. The summed E-state index contributed by atoms with van der Waals surface area (Å²) in [5.41, 5.74) is -4.81. The number of esters is 1. The lowest BCUT2D eigenvalue weighted by atomic mass is 9.42. The number of methoxy groups -OCH3 is 4. The molecule has 0 aromatic heterocycles. The summed E-state index contributed by atoms with van der Waals surface area (Å²) in [6.07, 6.45) is -0.876. The first kappa shape index (κ1) is 29.9. The topological polar surface area (TPSA) is 147 Å². The number of aliphatic hydroxyl groups is 4. The number of aliphatic hydroxyl groups excluding tert-OH is 1. The van der Waals surface area contributed by atoms with Gasteiger partial charge in [0.15, 0.2) is 0 Å². The summed E-state index contributed by atoms with van der Waals surface area (Å²) in [7, 11) is 6.32. The maximum atomic E-state index is 13.6. The number of benzene rings is 1. The van der Waals surface area contributed by atoms with Gasteiger partial charge >= 0.3 is 5.97 Å². The van der Waals surface area contributed by atoms with Crippen LogP contribution in [0.3, 0.4) is 0 Å². The fourth-order valence-electron chi connectivity index (χ4n) is 11.7. The minimum absolute atomic E-state index is 0.0859. The lowest BCUT2D eigenvalue weighted by Gasteiger charge is -2.71. The maximum Gasteiger partial charge on any atom is 0.340 e. The molecular formula is C32H45NO10. The van der Waals surface area contributed by atoms with Gasteiger partial charge in [-0.15, -0.1) is 0 Å². The average molecular weight is 604 g/mol. The molecule has 5 saturated carbocycles. The number of ether oxygens (including phenoxy) is 5. The fraction of sp³-hybridized carbons (Fsp3) is 0.781. The molecule has 1 aliphatic heterocycles. The Kier molecular flexibility index (Phi) is 6.66. The van der Waals surface area contributed by atoms with E-state index in [1.165, 1.54) is 14.2 Å². The number of carbonyl (C=O) groups excluding carboxylic acids is 1. The van der Waals surface area contributed by atoms with E-state index in [0.29, 0.717) is 31.7 Å². The van der Waals surface area contributed by atoms with Gasteiger partial charge in [0.25, 0.3) is 0 Å². The molecule has 1 aromatic rings. The number of nitrogens with zero attached hydrogens (tertiary/aromatic N) is 1. The van der Waals surface area contributed by atoms with Crippen LogP contribution in [0, 0.1) is 34.5 Å². The monoisotopic (exact) mass is 603 g/mol. The Hall–Kier alpha value is -1.83. The van der Waals surface area contributed by atoms with Crippen molar-refractivity contribution in [3.63, 3.8) is 0 Å². The summed E-state index contributed by atoms with van der Waals surface area (Å²) in [4.78, 5) is 15.8. The van der Waals surface area contributed by atoms with Crippen molar-refractivity contribution in [3.05, 3.63) is 29.8 Å². The number of rotatable bonds is 8. The van der Waals surface area contributed by atoms with Gasteiger partial charge < -0.3 is 44.1 Å². The molecule has 1 heterocycles. The molecule has 13 atom stereocenters. The molecule has 1 saturated heterocycles. The molecule has 1 unspecified atom stereocenters. The van der Waals surface area contributed by atoms with Crippen LogP contribution in [0.5, 0.6) is 5.75 Å². The summed E-state index contributed by atoms with van der Waals surface area (Å²) in [5.74, 6) is -4.61. The molecule has 6 fully saturated rings. The van der Waals surface area contributed by atoms with Crippen LogP contribution in [-0.2, 0) is 18.9 Å². The molecule has 43 heavy (non-hydrogen) atoms. The van der Waals surface area contributed by atoms with E-state index in [-0.39, 0.29) is 30.9 Å². The standard InChI is InChI=1S/C32H45NO10/c1-6-33-15-28(16-39-2)22-14-30(37)27(33)31(22,24(42-5)12-23(28)34)20-11-19-21(41-4)13-29(30,36)25(20)32(19,38)43-26(35)17-7-9-18(40-3)10-8-17/h7-10,19-25,27,34,36-38H,6,11-16H2,1-5H3/t19-,20-,21+,22-,23?,24+,25+,27-,28-,29-,30-,31-,32+/m1/s1. The Bertz CT molecular complexity index is 1280. The predicted molar refractivity (Wildman–Crippen MR) is 151 cm³/mol. The number of carbonyl (C=O) groups is 1. The summed E-state index contributed by atoms with van der Waals surface area (Å²) in [6.45, 7) is 3.40. The van der Waals surface area contributed by atoms with Crippen LogP contribution in [0.2, 0.25) is 0 Å². The molecule has 4 N–H and O–H groups in total. The van der Waals surface area contributed by atoms with Gasteiger partial charge in [-0.2, -0.15) is 0 Å². The first-order valence-corrected chi connectivity index (χ1v) is 15.5. The van der Waals surface area contributed by atoms with Gasteiger partial charge in [-0.25, -0.2) is 4.79 Å². The highest BCUT2D eigenvalue weighted by atomic mass is 16.7. The molecule has 7 bridgehead atoms. The van der Waals surface area contributed by atoms with Gasteiger partial charge in [-0.05, 0) is 55.5 Å². The quantitative estimate of drug-likeness (QED) is 0.247. The zero-order valence-electron chi connectivity index (χ0n) is 25.6. The van der Waals surface area contributed by atoms with Gasteiger partial charge in [-0.1, -0.05) is 6.92 Å². The lowest BCUT2D eigenvalue weighted by molar-refractivity contribution is -0.365. The summed E-state index contributed by atoms with van der Waals surface area (Å²) in [5, 5.41) is 50.5. The second-order valence-corrected chi connectivity index (χ2v) is 14.0. The van der Waals surface area contributed by atoms with Crippen molar-refractivity contribution < 1.29 is 48.9 Å². The minimum Gasteiger partial charge on any atom is -0.497 e. The number of likely N-dealkylation sites (tertiary alicyclic amines) is 1. The van der Waals surface area contributed by atoms with Gasteiger partial charge in [0.05, 0.1) is 49.4 Å². The van der Waals surface area contributed by atoms with Gasteiger partial charge in [0.1, 0.15) is 17.0 Å². The van der Waals surface area contributed by atoms with E-state index >= 15 is 0 Å². The van der Waals surface area contributed by atoms with Crippen LogP contribution in [0.4, 0.5) is 0 Å². The Morgan fingerprint density at radius 3 is 2.30 bits per heavy atom. The van der Waals surface area contributed by atoms with Crippen molar-refractivity contribution in [2.75, 3.05) is 48.1 Å². The first-order valence-electron chi connectivity index (χ1n) is 15.5. The Morgan fingerprint density at radius 1 is 0.977 bits per heavy atom. The van der Waals surface area contributed by atoms with Crippen LogP contribution in [-0.4, -0.2) is 121 Å². The molecule has 11 heteroatoms. The van der Waals surface area contributed by atoms with E-state index < -0.39 is 75.9 Å². The van der Waals surface area contributed by atoms with E-state index in [4.69, 9.17) is 23.7 Å². The van der Waals surface area contributed by atoms with Gasteiger partial charge in [-0.3, -0.25) is 4.90 Å². The largest absolute Gasteiger partial charge is 0.497 e. The summed E-state index contributed by atoms with van der Waals surface area (Å²) < 4.78 is 29.3. The van der Waals surface area contributed by atoms with Crippen molar-refractivity contribution in [2.45, 2.75) is 73.9 Å². The third kappa shape index (κ3) is 3.30. The zero-order chi connectivity index (χ0) is 30.7. The molecule has 238 valence electrons. The van der Waals surface area contributed by atoms with Crippen LogP contribution < -0.4 is 4.74 Å². The van der Waals surface area contributed by atoms with Crippen LogP contribution in [0.1, 0.15) is 43.0 Å². The molecular weight excluding hydrogens is 558 g/mol. The fourth-order valence-corrected chi connectivity index (χ4v) is 11.7. The van der Waals surface area contributed by atoms with Crippen LogP contribution in [0.15, 0.2) is 24.3 Å². The summed E-state index contributed by atoms with van der Waals surface area (Å²) >= 11 is 0. The maximum absolute atomic E-state index is 13.6. The van der Waals surface area contributed by atoms with E-state index in [1.54, 1.807) is 38.5 Å². The molecule has 11 nitrogen and oxygen atoms in total. The predicted octanol–water partition coefficient (Wildman–Crippen LogP) is 0.810. The number of piperidine rings is 1. The lowest BCUT2D eigenvalue weighted by Crippen LogP contribution is -2.83. The number of hydrogen-bond donors (Lipinski definition) is 4. The van der Waals surface area contributed by atoms with Gasteiger partial charge in [0.2, 0.25) is 5.79 Å². The van der Waals surface area contributed by atoms with E-state index in [2.05, 4.69) is 4.90 Å². The Morgan fingerprint density at radius 2 is 1.70 bits per heavy atom. The minimum atomic E-state index is -2.12. The van der Waals surface area contributed by atoms with Crippen molar-refractivity contribution in [1.29, 1.82) is 0 Å². The van der Waals surface area contributed by atoms with E-state index in [9.17, 15) is 25.2 Å². The molecule has 0 radical (unpaired) electrons. The van der Waals surface area contributed by atoms with Crippen molar-refractivity contribution in [2.24, 2.45) is 34.5 Å². The zero-order valence-corrected chi connectivity index (χ0v) is 25.6. The molecule has 6 aliphatic rings. The van der Waals surface area contributed by atoms with Gasteiger partial charge in [0, 0.05) is 57.6 Å². The van der Waals surface area contributed by atoms with Crippen molar-refractivity contribution >= 4 is 5.97 Å². The number of fused-ring (bicyclic) bond motifs is 2. The molecule has 5 aliphatic carbocycles. The van der Waals surface area contributed by atoms with Crippen LogP contribution in [0.25, 0.3) is 0 Å².